The first-order valence-electron chi connectivity index (χ1n) is 7.30. The Kier molecular flexibility index (Phi) is 3.66. The lowest BCUT2D eigenvalue weighted by atomic mass is 9.91. The predicted molar refractivity (Wildman–Crippen MR) is 75.1 cm³/mol. The molecule has 0 radical (unpaired) electrons. The zero-order valence-corrected chi connectivity index (χ0v) is 11.6. The summed E-state index contributed by atoms with van der Waals surface area (Å²) in [5.41, 5.74) is 1.34. The maximum atomic E-state index is 12.0. The van der Waals surface area contributed by atoms with E-state index in [1.54, 1.807) is 4.90 Å². The van der Waals surface area contributed by atoms with Crippen molar-refractivity contribution in [3.05, 3.63) is 35.9 Å². The summed E-state index contributed by atoms with van der Waals surface area (Å²) in [6.07, 6.45) is 2.90. The van der Waals surface area contributed by atoms with Crippen LogP contribution < -0.4 is 0 Å². The van der Waals surface area contributed by atoms with Crippen LogP contribution in [0.4, 0.5) is 4.79 Å². The van der Waals surface area contributed by atoms with Crippen molar-refractivity contribution >= 4 is 6.09 Å². The van der Waals surface area contributed by atoms with Crippen molar-refractivity contribution in [1.29, 1.82) is 0 Å². The van der Waals surface area contributed by atoms with Gasteiger partial charge in [-0.15, -0.1) is 0 Å². The lowest BCUT2D eigenvalue weighted by molar-refractivity contribution is 0.0761. The maximum Gasteiger partial charge on any atom is 0.410 e. The van der Waals surface area contributed by atoms with Crippen LogP contribution in [-0.2, 0) is 11.3 Å². The number of aliphatic hydroxyl groups is 1. The number of hydrogen-bond acceptors (Lipinski definition) is 3. The van der Waals surface area contributed by atoms with Gasteiger partial charge in [0.05, 0.1) is 0 Å². The first kappa shape index (κ1) is 13.4. The van der Waals surface area contributed by atoms with E-state index in [2.05, 4.69) is 0 Å². The second-order valence-electron chi connectivity index (χ2n) is 5.97. The zero-order chi connectivity index (χ0) is 14.0. The summed E-state index contributed by atoms with van der Waals surface area (Å²) in [7, 11) is 0. The molecule has 2 aliphatic rings. The van der Waals surface area contributed by atoms with Gasteiger partial charge in [-0.2, -0.15) is 0 Å². The van der Waals surface area contributed by atoms with Gasteiger partial charge in [0.1, 0.15) is 6.61 Å². The molecule has 4 heteroatoms. The molecule has 1 aromatic rings. The fourth-order valence-corrected chi connectivity index (χ4v) is 3.25. The molecule has 1 saturated heterocycles. The highest BCUT2D eigenvalue weighted by molar-refractivity contribution is 5.67. The number of hydrogen-bond donors (Lipinski definition) is 1. The van der Waals surface area contributed by atoms with Crippen LogP contribution in [0.3, 0.4) is 0 Å². The Morgan fingerprint density at radius 2 is 2.00 bits per heavy atom. The first-order valence-corrected chi connectivity index (χ1v) is 7.30. The Balaban J connectivity index is 1.45. The Morgan fingerprint density at radius 1 is 1.30 bits per heavy atom. The van der Waals surface area contributed by atoms with Crippen molar-refractivity contribution in [2.75, 3.05) is 19.7 Å². The molecule has 1 saturated carbocycles. The number of carbonyl (C=O) groups excluding carboxylic acids is 1. The lowest BCUT2D eigenvalue weighted by Gasteiger charge is -2.32. The Morgan fingerprint density at radius 3 is 2.60 bits per heavy atom. The maximum absolute atomic E-state index is 12.0. The molecule has 1 aliphatic heterocycles. The van der Waals surface area contributed by atoms with E-state index in [0.717, 1.165) is 37.9 Å². The van der Waals surface area contributed by atoms with Crippen LogP contribution in [0.2, 0.25) is 0 Å². The largest absolute Gasteiger partial charge is 0.445 e. The van der Waals surface area contributed by atoms with Gasteiger partial charge in [-0.05, 0) is 36.2 Å². The molecule has 3 rings (SSSR count). The molecule has 2 fully saturated rings. The Hall–Kier alpha value is -1.55. The second kappa shape index (κ2) is 5.44. The monoisotopic (exact) mass is 275 g/mol. The number of likely N-dealkylation sites (tertiary alicyclic amines) is 1. The van der Waals surface area contributed by atoms with Crippen molar-refractivity contribution in [3.63, 3.8) is 0 Å². The average molecular weight is 275 g/mol. The van der Waals surface area contributed by atoms with Crippen LogP contribution in [0.15, 0.2) is 30.3 Å². The number of rotatable bonds is 3. The fraction of sp³-hybridized carbons (Fsp3) is 0.562. The highest BCUT2D eigenvalue weighted by Crippen LogP contribution is 2.58. The van der Waals surface area contributed by atoms with Crippen molar-refractivity contribution in [2.45, 2.75) is 25.9 Å². The van der Waals surface area contributed by atoms with Gasteiger partial charge in [0.2, 0.25) is 0 Å². The molecule has 1 spiro atoms. The van der Waals surface area contributed by atoms with E-state index in [1.807, 2.05) is 30.3 Å². The van der Waals surface area contributed by atoms with Gasteiger partial charge in [-0.25, -0.2) is 4.79 Å². The molecule has 0 aromatic heterocycles. The van der Waals surface area contributed by atoms with Crippen LogP contribution in [0.5, 0.6) is 0 Å². The first-order chi connectivity index (χ1) is 9.73. The van der Waals surface area contributed by atoms with E-state index in [4.69, 9.17) is 4.74 Å². The average Bonchev–Trinajstić information content (AvgIpc) is 3.19. The topological polar surface area (TPSA) is 49.8 Å². The molecule has 1 unspecified atom stereocenters. The highest BCUT2D eigenvalue weighted by Gasteiger charge is 2.54. The number of nitrogens with zero attached hydrogens (tertiary/aromatic N) is 1. The normalized spacial score (nSPS) is 23.6. The van der Waals surface area contributed by atoms with Gasteiger partial charge in [0.15, 0.2) is 0 Å². The van der Waals surface area contributed by atoms with E-state index in [0.29, 0.717) is 24.5 Å². The minimum Gasteiger partial charge on any atom is -0.445 e. The summed E-state index contributed by atoms with van der Waals surface area (Å²) in [4.78, 5) is 13.8. The van der Waals surface area contributed by atoms with E-state index in [9.17, 15) is 9.90 Å². The molecule has 0 bridgehead atoms. The summed E-state index contributed by atoms with van der Waals surface area (Å²) < 4.78 is 5.35. The number of carbonyl (C=O) groups is 1. The third-order valence-electron chi connectivity index (χ3n) is 4.80. The standard InChI is InChI=1S/C16H21NO3/c18-11-14-10-16(14)6-8-17(9-7-16)15(19)20-12-13-4-2-1-3-5-13/h1-5,14,18H,6-12H2. The SMILES string of the molecule is O=C(OCc1ccccc1)N1CCC2(CC1)CC2CO. The lowest BCUT2D eigenvalue weighted by Crippen LogP contribution is -2.40. The molecule has 20 heavy (non-hydrogen) atoms. The van der Waals surface area contributed by atoms with Crippen molar-refractivity contribution in [1.82, 2.24) is 4.90 Å². The second-order valence-corrected chi connectivity index (χ2v) is 5.97. The van der Waals surface area contributed by atoms with Gasteiger partial charge in [-0.1, -0.05) is 30.3 Å². The molecular formula is C16H21NO3. The van der Waals surface area contributed by atoms with E-state index < -0.39 is 0 Å². The Bertz CT molecular complexity index is 466. The third kappa shape index (κ3) is 2.66. The van der Waals surface area contributed by atoms with Crippen LogP contribution in [0, 0.1) is 11.3 Å². The molecule has 1 amide bonds. The molecule has 1 heterocycles. The van der Waals surface area contributed by atoms with Gasteiger partial charge in [0, 0.05) is 19.7 Å². The van der Waals surface area contributed by atoms with Crippen molar-refractivity contribution in [2.24, 2.45) is 11.3 Å². The van der Waals surface area contributed by atoms with Crippen LogP contribution >= 0.6 is 0 Å². The Labute approximate surface area is 119 Å². The summed E-state index contributed by atoms with van der Waals surface area (Å²) in [5.74, 6) is 0.463. The van der Waals surface area contributed by atoms with Gasteiger partial charge < -0.3 is 14.7 Å². The summed E-state index contributed by atoms with van der Waals surface area (Å²) in [6, 6.07) is 9.73. The quantitative estimate of drug-likeness (QED) is 0.921. The minimum atomic E-state index is -0.218. The minimum absolute atomic E-state index is 0.218. The van der Waals surface area contributed by atoms with Crippen LogP contribution in [-0.4, -0.2) is 35.8 Å². The van der Waals surface area contributed by atoms with E-state index >= 15 is 0 Å². The summed E-state index contributed by atoms with van der Waals surface area (Å²) in [6.45, 7) is 2.13. The molecule has 108 valence electrons. The number of aliphatic hydroxyl groups excluding tert-OH is 1. The molecule has 4 nitrogen and oxygen atoms in total. The molecule has 1 N–H and O–H groups in total. The third-order valence-corrected chi connectivity index (χ3v) is 4.80. The molecule has 1 aromatic carbocycles. The summed E-state index contributed by atoms with van der Waals surface area (Å²) in [5, 5.41) is 9.20. The number of benzene rings is 1. The van der Waals surface area contributed by atoms with Crippen molar-refractivity contribution < 1.29 is 14.6 Å². The highest BCUT2D eigenvalue weighted by atomic mass is 16.6. The van der Waals surface area contributed by atoms with Gasteiger partial charge in [-0.3, -0.25) is 0 Å². The molecule has 1 atom stereocenters. The summed E-state index contributed by atoms with van der Waals surface area (Å²) >= 11 is 0. The van der Waals surface area contributed by atoms with E-state index in [-0.39, 0.29) is 6.09 Å². The van der Waals surface area contributed by atoms with Crippen LogP contribution in [0.1, 0.15) is 24.8 Å². The zero-order valence-electron chi connectivity index (χ0n) is 11.6. The van der Waals surface area contributed by atoms with Crippen LogP contribution in [0.25, 0.3) is 0 Å². The molecular weight excluding hydrogens is 254 g/mol. The fourth-order valence-electron chi connectivity index (χ4n) is 3.25. The van der Waals surface area contributed by atoms with Gasteiger partial charge >= 0.3 is 6.09 Å². The predicted octanol–water partition coefficient (Wildman–Crippen LogP) is 2.42. The van der Waals surface area contributed by atoms with Crippen molar-refractivity contribution in [3.8, 4) is 0 Å². The van der Waals surface area contributed by atoms with Gasteiger partial charge in [0.25, 0.3) is 0 Å². The number of ether oxygens (including phenoxy) is 1. The van der Waals surface area contributed by atoms with E-state index in [1.165, 1.54) is 0 Å². The molecule has 1 aliphatic carbocycles. The number of amides is 1. The smallest absolute Gasteiger partial charge is 0.410 e. The number of piperidine rings is 1.